The van der Waals surface area contributed by atoms with E-state index in [1.165, 1.54) is 17.2 Å². The molecular weight excluding hydrogens is 319 g/mol. The number of piperazine rings is 1. The van der Waals surface area contributed by atoms with Gasteiger partial charge in [-0.2, -0.15) is 13.2 Å². The number of hydrogen-bond acceptors (Lipinski definition) is 3. The summed E-state index contributed by atoms with van der Waals surface area (Å²) in [5, 5.41) is 2.83. The lowest BCUT2D eigenvalue weighted by Crippen LogP contribution is -2.55. The van der Waals surface area contributed by atoms with E-state index in [1.54, 1.807) is 0 Å². The van der Waals surface area contributed by atoms with E-state index >= 15 is 0 Å². The predicted octanol–water partition coefficient (Wildman–Crippen LogP) is 2.65. The van der Waals surface area contributed by atoms with Gasteiger partial charge in [0.05, 0.1) is 18.2 Å². The van der Waals surface area contributed by atoms with Crippen molar-refractivity contribution in [1.29, 1.82) is 0 Å². The number of benzene rings is 1. The van der Waals surface area contributed by atoms with Crippen molar-refractivity contribution in [3.05, 3.63) is 59.8 Å². The third-order valence-electron chi connectivity index (χ3n) is 3.86. The highest BCUT2D eigenvalue weighted by Gasteiger charge is 2.37. The van der Waals surface area contributed by atoms with Crippen molar-refractivity contribution in [1.82, 2.24) is 10.3 Å². The first-order valence-corrected chi connectivity index (χ1v) is 7.54. The SMILES string of the molecule is O=C1CN(c2ncccc2C(F)(F)F)C[C@H](Cc2ccccc2)N1. The number of carbonyl (C=O) groups excluding carboxylic acids is 1. The van der Waals surface area contributed by atoms with E-state index < -0.39 is 11.7 Å². The molecule has 1 atom stereocenters. The molecule has 0 radical (unpaired) electrons. The lowest BCUT2D eigenvalue weighted by molar-refractivity contribution is -0.137. The van der Waals surface area contributed by atoms with E-state index in [0.29, 0.717) is 6.42 Å². The van der Waals surface area contributed by atoms with Crippen molar-refractivity contribution in [2.24, 2.45) is 0 Å². The molecule has 7 heteroatoms. The van der Waals surface area contributed by atoms with Gasteiger partial charge in [-0.25, -0.2) is 4.98 Å². The minimum absolute atomic E-state index is 0.134. The molecule has 1 amide bonds. The number of aromatic nitrogens is 1. The van der Waals surface area contributed by atoms with Crippen LogP contribution in [0, 0.1) is 0 Å². The Morgan fingerprint density at radius 1 is 1.17 bits per heavy atom. The molecular formula is C17H16F3N3O. The van der Waals surface area contributed by atoms with Crippen LogP contribution in [0.4, 0.5) is 19.0 Å². The van der Waals surface area contributed by atoms with E-state index in [1.807, 2.05) is 30.3 Å². The summed E-state index contributed by atoms with van der Waals surface area (Å²) in [7, 11) is 0. The van der Waals surface area contributed by atoms with E-state index in [4.69, 9.17) is 0 Å². The molecule has 0 spiro atoms. The molecule has 1 saturated heterocycles. The molecule has 0 saturated carbocycles. The largest absolute Gasteiger partial charge is 0.419 e. The summed E-state index contributed by atoms with van der Waals surface area (Å²) < 4.78 is 39.5. The minimum atomic E-state index is -4.51. The van der Waals surface area contributed by atoms with Crippen molar-refractivity contribution in [2.45, 2.75) is 18.6 Å². The summed E-state index contributed by atoms with van der Waals surface area (Å²) in [6.45, 7) is 0.145. The van der Waals surface area contributed by atoms with Gasteiger partial charge in [0.1, 0.15) is 5.82 Å². The third kappa shape index (κ3) is 3.67. The van der Waals surface area contributed by atoms with E-state index in [-0.39, 0.29) is 30.9 Å². The Hall–Kier alpha value is -2.57. The van der Waals surface area contributed by atoms with Crippen molar-refractivity contribution >= 4 is 11.7 Å². The van der Waals surface area contributed by atoms with Crippen LogP contribution < -0.4 is 10.2 Å². The molecule has 0 aliphatic carbocycles. The number of pyridine rings is 1. The Balaban J connectivity index is 1.83. The zero-order chi connectivity index (χ0) is 17.2. The maximum atomic E-state index is 13.2. The monoisotopic (exact) mass is 335 g/mol. The molecule has 2 aromatic rings. The van der Waals surface area contributed by atoms with Gasteiger partial charge in [-0.1, -0.05) is 30.3 Å². The zero-order valence-electron chi connectivity index (χ0n) is 12.8. The lowest BCUT2D eigenvalue weighted by atomic mass is 10.0. The third-order valence-corrected chi connectivity index (χ3v) is 3.86. The van der Waals surface area contributed by atoms with Crippen LogP contribution in [0.3, 0.4) is 0 Å². The van der Waals surface area contributed by atoms with E-state index in [0.717, 1.165) is 11.6 Å². The molecule has 1 aliphatic rings. The number of amides is 1. The quantitative estimate of drug-likeness (QED) is 0.938. The minimum Gasteiger partial charge on any atom is -0.350 e. The summed E-state index contributed by atoms with van der Waals surface area (Å²) in [4.78, 5) is 17.2. The van der Waals surface area contributed by atoms with Crippen molar-refractivity contribution in [3.8, 4) is 0 Å². The number of nitrogens with zero attached hydrogens (tertiary/aromatic N) is 2. The summed E-state index contributed by atoms with van der Waals surface area (Å²) >= 11 is 0. The summed E-state index contributed by atoms with van der Waals surface area (Å²) in [5.74, 6) is -0.501. The van der Waals surface area contributed by atoms with Crippen LogP contribution in [0.5, 0.6) is 0 Å². The van der Waals surface area contributed by atoms with Gasteiger partial charge in [0, 0.05) is 12.7 Å². The first-order chi connectivity index (χ1) is 11.4. The fraction of sp³-hybridized carbons (Fsp3) is 0.294. The van der Waals surface area contributed by atoms with Gasteiger partial charge in [0.15, 0.2) is 0 Å². The van der Waals surface area contributed by atoms with Crippen LogP contribution in [0.2, 0.25) is 0 Å². The summed E-state index contributed by atoms with van der Waals surface area (Å²) in [6.07, 6.45) is -2.65. The fourth-order valence-electron chi connectivity index (χ4n) is 2.87. The second-order valence-corrected chi connectivity index (χ2v) is 5.71. The van der Waals surface area contributed by atoms with Crippen molar-refractivity contribution < 1.29 is 18.0 Å². The molecule has 3 rings (SSSR count). The van der Waals surface area contributed by atoms with Crippen LogP contribution in [-0.2, 0) is 17.4 Å². The Kier molecular flexibility index (Phi) is 4.42. The maximum absolute atomic E-state index is 13.2. The number of carbonyl (C=O) groups is 1. The molecule has 1 aromatic carbocycles. The molecule has 2 heterocycles. The highest BCUT2D eigenvalue weighted by molar-refractivity contribution is 5.83. The molecule has 0 unspecified atom stereocenters. The number of anilines is 1. The summed E-state index contributed by atoms with van der Waals surface area (Å²) in [6, 6.07) is 11.5. The standard InChI is InChI=1S/C17H16F3N3O/c18-17(19,20)14-7-4-8-21-16(14)23-10-13(22-15(24)11-23)9-12-5-2-1-3-6-12/h1-8,13H,9-11H2,(H,22,24)/t13-/m0/s1. The van der Waals surface area contributed by atoms with Gasteiger partial charge in [0.25, 0.3) is 0 Å². The zero-order valence-corrected chi connectivity index (χ0v) is 12.8. The number of halogens is 3. The van der Waals surface area contributed by atoms with Crippen LogP contribution in [0.1, 0.15) is 11.1 Å². The molecule has 1 aliphatic heterocycles. The molecule has 126 valence electrons. The first kappa shape index (κ1) is 16.3. The van der Waals surface area contributed by atoms with Crippen molar-refractivity contribution in [2.75, 3.05) is 18.0 Å². The normalized spacial score (nSPS) is 18.4. The molecule has 4 nitrogen and oxygen atoms in total. The number of alkyl halides is 3. The highest BCUT2D eigenvalue weighted by Crippen LogP contribution is 2.35. The number of hydrogen-bond donors (Lipinski definition) is 1. The first-order valence-electron chi connectivity index (χ1n) is 7.54. The highest BCUT2D eigenvalue weighted by atomic mass is 19.4. The summed E-state index contributed by atoms with van der Waals surface area (Å²) in [5.41, 5.74) is 0.194. The predicted molar refractivity (Wildman–Crippen MR) is 83.5 cm³/mol. The molecule has 0 bridgehead atoms. The number of rotatable bonds is 3. The van der Waals surface area contributed by atoms with Crippen LogP contribution in [0.25, 0.3) is 0 Å². The Labute approximate surface area is 137 Å². The molecule has 1 fully saturated rings. The molecule has 1 aromatic heterocycles. The molecule has 1 N–H and O–H groups in total. The molecule has 24 heavy (non-hydrogen) atoms. The Morgan fingerprint density at radius 2 is 1.92 bits per heavy atom. The van der Waals surface area contributed by atoms with Gasteiger partial charge >= 0.3 is 6.18 Å². The van der Waals surface area contributed by atoms with E-state index in [2.05, 4.69) is 10.3 Å². The lowest BCUT2D eigenvalue weighted by Gasteiger charge is -2.35. The van der Waals surface area contributed by atoms with Gasteiger partial charge < -0.3 is 10.2 Å². The average molecular weight is 335 g/mol. The van der Waals surface area contributed by atoms with Crippen molar-refractivity contribution in [3.63, 3.8) is 0 Å². The van der Waals surface area contributed by atoms with Gasteiger partial charge in [-0.3, -0.25) is 4.79 Å². The number of nitrogens with one attached hydrogen (secondary N) is 1. The van der Waals surface area contributed by atoms with E-state index in [9.17, 15) is 18.0 Å². The van der Waals surface area contributed by atoms with Crippen LogP contribution in [-0.4, -0.2) is 30.0 Å². The van der Waals surface area contributed by atoms with Gasteiger partial charge in [-0.15, -0.1) is 0 Å². The fourth-order valence-corrected chi connectivity index (χ4v) is 2.87. The van der Waals surface area contributed by atoms with Crippen LogP contribution in [0.15, 0.2) is 48.7 Å². The van der Waals surface area contributed by atoms with Crippen LogP contribution >= 0.6 is 0 Å². The smallest absolute Gasteiger partial charge is 0.350 e. The second-order valence-electron chi connectivity index (χ2n) is 5.71. The van der Waals surface area contributed by atoms with Gasteiger partial charge in [0.2, 0.25) is 5.91 Å². The van der Waals surface area contributed by atoms with Gasteiger partial charge in [-0.05, 0) is 24.1 Å². The second kappa shape index (κ2) is 6.51. The Bertz CT molecular complexity index is 719. The average Bonchev–Trinajstić information content (AvgIpc) is 2.54. The Morgan fingerprint density at radius 3 is 2.62 bits per heavy atom. The topological polar surface area (TPSA) is 45.2 Å². The maximum Gasteiger partial charge on any atom is 0.419 e.